The molecule has 0 heterocycles. The van der Waals surface area contributed by atoms with Crippen LogP contribution < -0.4 is 16.4 Å². The number of carbonyl (C=O) groups excluding carboxylic acids is 1. The molecule has 0 atom stereocenters. The van der Waals surface area contributed by atoms with Crippen molar-refractivity contribution >= 4 is 11.6 Å². The second-order valence-electron chi connectivity index (χ2n) is 2.93. The van der Waals surface area contributed by atoms with Crippen LogP contribution in [0.4, 0.5) is 5.69 Å². The molecule has 0 aromatic heterocycles. The number of nitrogens with two attached hydrogens (primary N) is 1. The zero-order chi connectivity index (χ0) is 10.4. The quantitative estimate of drug-likeness (QED) is 0.644. The van der Waals surface area contributed by atoms with Gasteiger partial charge in [-0.05, 0) is 17.7 Å². The number of amides is 1. The summed E-state index contributed by atoms with van der Waals surface area (Å²) in [6.07, 6.45) is 0. The largest absolute Gasteiger partial charge is 0.376 e. The molecule has 1 aromatic rings. The first-order valence-corrected chi connectivity index (χ1v) is 4.49. The first-order chi connectivity index (χ1) is 6.76. The maximum Gasteiger partial charge on any atom is 0.239 e. The van der Waals surface area contributed by atoms with E-state index in [1.165, 1.54) is 0 Å². The molecule has 0 spiro atoms. The van der Waals surface area contributed by atoms with Crippen molar-refractivity contribution in [1.82, 2.24) is 5.32 Å². The Bertz CT molecular complexity index is 312. The van der Waals surface area contributed by atoms with Gasteiger partial charge in [0.2, 0.25) is 5.91 Å². The molecule has 4 N–H and O–H groups in total. The molecule has 0 fully saturated rings. The highest BCUT2D eigenvalue weighted by molar-refractivity contribution is 5.80. The Balaban J connectivity index is 2.54. The summed E-state index contributed by atoms with van der Waals surface area (Å²) in [6.45, 7) is 0.792. The van der Waals surface area contributed by atoms with Gasteiger partial charge in [-0.2, -0.15) is 0 Å². The van der Waals surface area contributed by atoms with E-state index in [4.69, 9.17) is 5.73 Å². The molecule has 0 radical (unpaired) electrons. The standard InChI is InChI=1S/C10H15N3O/c1-12-10(14)7-13-9-4-2-3-8(5-9)6-11/h2-5,13H,6-7,11H2,1H3,(H,12,14). The third-order valence-electron chi connectivity index (χ3n) is 1.89. The van der Waals surface area contributed by atoms with Crippen LogP contribution in [0, 0.1) is 0 Å². The molecule has 0 bridgehead atoms. The van der Waals surface area contributed by atoms with Gasteiger partial charge in [-0.1, -0.05) is 12.1 Å². The molecular formula is C10H15N3O. The predicted octanol–water partition coefficient (Wildman–Crippen LogP) is 0.303. The summed E-state index contributed by atoms with van der Waals surface area (Å²) in [5, 5.41) is 5.54. The Morgan fingerprint density at radius 3 is 2.93 bits per heavy atom. The Morgan fingerprint density at radius 2 is 2.29 bits per heavy atom. The van der Waals surface area contributed by atoms with E-state index in [1.807, 2.05) is 24.3 Å². The lowest BCUT2D eigenvalue weighted by Crippen LogP contribution is -2.26. The highest BCUT2D eigenvalue weighted by Crippen LogP contribution is 2.09. The number of hydrogen-bond donors (Lipinski definition) is 3. The zero-order valence-electron chi connectivity index (χ0n) is 8.21. The van der Waals surface area contributed by atoms with E-state index >= 15 is 0 Å². The van der Waals surface area contributed by atoms with Gasteiger partial charge in [0.25, 0.3) is 0 Å². The monoisotopic (exact) mass is 193 g/mol. The number of carbonyl (C=O) groups is 1. The highest BCUT2D eigenvalue weighted by atomic mass is 16.1. The smallest absolute Gasteiger partial charge is 0.239 e. The minimum Gasteiger partial charge on any atom is -0.376 e. The summed E-state index contributed by atoms with van der Waals surface area (Å²) in [7, 11) is 1.61. The van der Waals surface area contributed by atoms with Crippen LogP contribution in [0.25, 0.3) is 0 Å². The van der Waals surface area contributed by atoms with Gasteiger partial charge < -0.3 is 16.4 Å². The topological polar surface area (TPSA) is 67.2 Å². The molecule has 4 nitrogen and oxygen atoms in total. The molecule has 4 heteroatoms. The summed E-state index contributed by atoms with van der Waals surface area (Å²) in [6, 6.07) is 7.70. The fourth-order valence-electron chi connectivity index (χ4n) is 1.08. The number of nitrogens with one attached hydrogen (secondary N) is 2. The van der Waals surface area contributed by atoms with Crippen molar-refractivity contribution in [2.24, 2.45) is 5.73 Å². The van der Waals surface area contributed by atoms with E-state index in [2.05, 4.69) is 10.6 Å². The van der Waals surface area contributed by atoms with E-state index in [9.17, 15) is 4.79 Å². The Morgan fingerprint density at radius 1 is 1.50 bits per heavy atom. The Kier molecular flexibility index (Phi) is 3.94. The van der Waals surface area contributed by atoms with Crippen molar-refractivity contribution < 1.29 is 4.79 Å². The molecule has 1 aromatic carbocycles. The fourth-order valence-corrected chi connectivity index (χ4v) is 1.08. The van der Waals surface area contributed by atoms with Crippen molar-refractivity contribution in [3.05, 3.63) is 29.8 Å². The summed E-state index contributed by atoms with van der Waals surface area (Å²) in [5.41, 5.74) is 7.46. The number of benzene rings is 1. The van der Waals surface area contributed by atoms with Crippen LogP contribution in [0.3, 0.4) is 0 Å². The summed E-state index contributed by atoms with van der Waals surface area (Å²) in [4.78, 5) is 10.9. The summed E-state index contributed by atoms with van der Waals surface area (Å²) in [5.74, 6) is -0.0387. The highest BCUT2D eigenvalue weighted by Gasteiger charge is 1.97. The molecule has 0 saturated heterocycles. The summed E-state index contributed by atoms with van der Waals surface area (Å²) < 4.78 is 0. The van der Waals surface area contributed by atoms with Gasteiger partial charge in [0, 0.05) is 19.3 Å². The zero-order valence-corrected chi connectivity index (χ0v) is 8.21. The predicted molar refractivity (Wildman–Crippen MR) is 56.9 cm³/mol. The minimum absolute atomic E-state index is 0.0387. The lowest BCUT2D eigenvalue weighted by Gasteiger charge is -2.06. The number of anilines is 1. The lowest BCUT2D eigenvalue weighted by atomic mass is 10.2. The minimum atomic E-state index is -0.0387. The van der Waals surface area contributed by atoms with Crippen LogP contribution in [-0.4, -0.2) is 19.5 Å². The van der Waals surface area contributed by atoms with Gasteiger partial charge >= 0.3 is 0 Å². The van der Waals surface area contributed by atoms with Gasteiger partial charge in [-0.3, -0.25) is 4.79 Å². The fraction of sp³-hybridized carbons (Fsp3) is 0.300. The summed E-state index contributed by atoms with van der Waals surface area (Å²) >= 11 is 0. The molecule has 0 aliphatic rings. The van der Waals surface area contributed by atoms with E-state index < -0.39 is 0 Å². The van der Waals surface area contributed by atoms with E-state index in [0.29, 0.717) is 6.54 Å². The van der Waals surface area contributed by atoms with Gasteiger partial charge in [0.05, 0.1) is 6.54 Å². The third kappa shape index (κ3) is 3.06. The van der Waals surface area contributed by atoms with Crippen LogP contribution >= 0.6 is 0 Å². The van der Waals surface area contributed by atoms with Crippen molar-refractivity contribution in [1.29, 1.82) is 0 Å². The van der Waals surface area contributed by atoms with Crippen LogP contribution in [0.15, 0.2) is 24.3 Å². The van der Waals surface area contributed by atoms with E-state index in [0.717, 1.165) is 11.3 Å². The average Bonchev–Trinajstić information content (AvgIpc) is 2.26. The normalized spacial score (nSPS) is 9.57. The Labute approximate surface area is 83.5 Å². The molecule has 1 amide bonds. The second-order valence-corrected chi connectivity index (χ2v) is 2.93. The van der Waals surface area contributed by atoms with E-state index in [-0.39, 0.29) is 12.5 Å². The van der Waals surface area contributed by atoms with Crippen LogP contribution in [0.1, 0.15) is 5.56 Å². The first-order valence-electron chi connectivity index (χ1n) is 4.49. The van der Waals surface area contributed by atoms with E-state index in [1.54, 1.807) is 7.05 Å². The van der Waals surface area contributed by atoms with Crippen molar-refractivity contribution in [3.63, 3.8) is 0 Å². The molecule has 0 unspecified atom stereocenters. The third-order valence-corrected chi connectivity index (χ3v) is 1.89. The number of hydrogen-bond acceptors (Lipinski definition) is 3. The molecule has 0 saturated carbocycles. The van der Waals surface area contributed by atoms with Gasteiger partial charge in [0.1, 0.15) is 0 Å². The maximum atomic E-state index is 10.9. The maximum absolute atomic E-state index is 10.9. The lowest BCUT2D eigenvalue weighted by molar-refractivity contribution is -0.118. The second kappa shape index (κ2) is 5.24. The molecule has 0 aliphatic carbocycles. The molecule has 14 heavy (non-hydrogen) atoms. The average molecular weight is 193 g/mol. The van der Waals surface area contributed by atoms with Crippen LogP contribution in [-0.2, 0) is 11.3 Å². The first kappa shape index (κ1) is 10.5. The van der Waals surface area contributed by atoms with Gasteiger partial charge in [-0.15, -0.1) is 0 Å². The van der Waals surface area contributed by atoms with Crippen LogP contribution in [0.5, 0.6) is 0 Å². The van der Waals surface area contributed by atoms with Gasteiger partial charge in [0.15, 0.2) is 0 Å². The number of likely N-dealkylation sites (N-methyl/N-ethyl adjacent to an activating group) is 1. The van der Waals surface area contributed by atoms with Crippen molar-refractivity contribution in [2.45, 2.75) is 6.54 Å². The van der Waals surface area contributed by atoms with Crippen molar-refractivity contribution in [3.8, 4) is 0 Å². The van der Waals surface area contributed by atoms with Crippen molar-refractivity contribution in [2.75, 3.05) is 18.9 Å². The van der Waals surface area contributed by atoms with Gasteiger partial charge in [-0.25, -0.2) is 0 Å². The Hall–Kier alpha value is -1.55. The SMILES string of the molecule is CNC(=O)CNc1cccc(CN)c1. The van der Waals surface area contributed by atoms with Crippen LogP contribution in [0.2, 0.25) is 0 Å². The molecule has 1 rings (SSSR count). The molecule has 0 aliphatic heterocycles. The molecule has 76 valence electrons. The number of rotatable bonds is 4. The molecular weight excluding hydrogens is 178 g/mol.